The Morgan fingerprint density at radius 3 is 2.45 bits per heavy atom. The summed E-state index contributed by atoms with van der Waals surface area (Å²) in [6, 6.07) is 17.4. The Hall–Kier alpha value is -1.94. The number of hydrogen-bond acceptors (Lipinski definition) is 3. The summed E-state index contributed by atoms with van der Waals surface area (Å²) in [5, 5.41) is 2.83. The summed E-state index contributed by atoms with van der Waals surface area (Å²) in [6.07, 6.45) is 1.90. The van der Waals surface area contributed by atoms with Crippen LogP contribution in [-0.4, -0.2) is 17.9 Å². The number of hydrogen-bond donors (Lipinski definition) is 1. The maximum absolute atomic E-state index is 11.4. The molecule has 2 rings (SSSR count). The predicted molar refractivity (Wildman–Crippen MR) is 84.2 cm³/mol. The molecule has 0 aromatic heterocycles. The van der Waals surface area contributed by atoms with Crippen LogP contribution in [0.3, 0.4) is 0 Å². The van der Waals surface area contributed by atoms with Crippen molar-refractivity contribution >= 4 is 23.4 Å². The minimum absolute atomic E-state index is 0.00968. The molecular formula is C16H17NO2S. The Balaban J connectivity index is 1.87. The highest BCUT2D eigenvalue weighted by Crippen LogP contribution is 2.17. The fraction of sp³-hybridized carbons (Fsp3) is 0.188. The second kappa shape index (κ2) is 7.60. The van der Waals surface area contributed by atoms with E-state index in [9.17, 15) is 4.79 Å². The normalized spacial score (nSPS) is 10.1. The monoisotopic (exact) mass is 287 g/mol. The van der Waals surface area contributed by atoms with Gasteiger partial charge in [0.15, 0.2) is 0 Å². The van der Waals surface area contributed by atoms with Gasteiger partial charge in [-0.05, 0) is 36.1 Å². The summed E-state index contributed by atoms with van der Waals surface area (Å²) in [5.74, 6) is 1.26. The van der Waals surface area contributed by atoms with E-state index in [2.05, 4.69) is 5.32 Å². The zero-order valence-corrected chi connectivity index (χ0v) is 12.2. The van der Waals surface area contributed by atoms with Gasteiger partial charge in [-0.3, -0.25) is 4.79 Å². The van der Waals surface area contributed by atoms with E-state index in [1.54, 1.807) is 0 Å². The molecule has 0 fully saturated rings. The van der Waals surface area contributed by atoms with Crippen molar-refractivity contribution in [2.75, 3.05) is 17.3 Å². The number of amides is 1. The molecule has 0 aliphatic carbocycles. The molecule has 0 saturated heterocycles. The van der Waals surface area contributed by atoms with Crippen LogP contribution in [0.1, 0.15) is 5.56 Å². The third kappa shape index (κ3) is 4.63. The summed E-state index contributed by atoms with van der Waals surface area (Å²) in [7, 11) is 0. The number of thioether (sulfide) groups is 1. The Bertz CT molecular complexity index is 540. The number of nitrogens with one attached hydrogen (secondary N) is 1. The van der Waals surface area contributed by atoms with Crippen LogP contribution in [0.15, 0.2) is 54.6 Å². The van der Waals surface area contributed by atoms with Crippen molar-refractivity contribution in [2.24, 2.45) is 0 Å². The van der Waals surface area contributed by atoms with Crippen LogP contribution in [0.25, 0.3) is 0 Å². The van der Waals surface area contributed by atoms with Gasteiger partial charge in [-0.2, -0.15) is 11.8 Å². The van der Waals surface area contributed by atoms with Gasteiger partial charge in [0.1, 0.15) is 12.4 Å². The first-order chi connectivity index (χ1) is 9.78. The number of anilines is 1. The molecule has 20 heavy (non-hydrogen) atoms. The SMILES string of the molecule is CSCC(=O)Nc1ccc(OCc2ccccc2)cc1. The Morgan fingerprint density at radius 1 is 1.10 bits per heavy atom. The van der Waals surface area contributed by atoms with E-state index in [0.717, 1.165) is 17.0 Å². The van der Waals surface area contributed by atoms with Gasteiger partial charge in [0.05, 0.1) is 5.75 Å². The molecule has 0 bridgehead atoms. The van der Waals surface area contributed by atoms with Crippen molar-refractivity contribution in [2.45, 2.75) is 6.61 Å². The molecule has 0 aliphatic rings. The largest absolute Gasteiger partial charge is 0.489 e. The summed E-state index contributed by atoms with van der Waals surface area (Å²) >= 11 is 1.50. The molecule has 0 saturated carbocycles. The molecule has 2 aromatic carbocycles. The van der Waals surface area contributed by atoms with Gasteiger partial charge in [-0.15, -0.1) is 0 Å². The van der Waals surface area contributed by atoms with E-state index in [-0.39, 0.29) is 5.91 Å². The highest BCUT2D eigenvalue weighted by atomic mass is 32.2. The number of benzene rings is 2. The molecule has 1 amide bonds. The highest BCUT2D eigenvalue weighted by Gasteiger charge is 2.01. The van der Waals surface area contributed by atoms with E-state index >= 15 is 0 Å². The van der Waals surface area contributed by atoms with Crippen molar-refractivity contribution in [1.82, 2.24) is 0 Å². The smallest absolute Gasteiger partial charge is 0.234 e. The number of carbonyl (C=O) groups is 1. The van der Waals surface area contributed by atoms with E-state index in [4.69, 9.17) is 4.74 Å². The van der Waals surface area contributed by atoms with Crippen molar-refractivity contribution in [3.8, 4) is 5.75 Å². The molecule has 104 valence electrons. The molecule has 0 unspecified atom stereocenters. The fourth-order valence-corrected chi connectivity index (χ4v) is 2.04. The molecule has 4 heteroatoms. The average molecular weight is 287 g/mol. The molecule has 0 radical (unpaired) electrons. The van der Waals surface area contributed by atoms with Crippen molar-refractivity contribution in [3.63, 3.8) is 0 Å². The number of carbonyl (C=O) groups excluding carboxylic acids is 1. The van der Waals surface area contributed by atoms with Crippen LogP contribution in [0, 0.1) is 0 Å². The highest BCUT2D eigenvalue weighted by molar-refractivity contribution is 7.99. The summed E-state index contributed by atoms with van der Waals surface area (Å²) < 4.78 is 5.68. The maximum atomic E-state index is 11.4. The quantitative estimate of drug-likeness (QED) is 0.882. The van der Waals surface area contributed by atoms with E-state index in [1.807, 2.05) is 60.9 Å². The summed E-state index contributed by atoms with van der Waals surface area (Å²) in [5.41, 5.74) is 1.92. The van der Waals surface area contributed by atoms with Crippen LogP contribution in [0.2, 0.25) is 0 Å². The zero-order chi connectivity index (χ0) is 14.2. The van der Waals surface area contributed by atoms with Crippen molar-refractivity contribution < 1.29 is 9.53 Å². The summed E-state index contributed by atoms with van der Waals surface area (Å²) in [4.78, 5) is 11.4. The molecule has 1 N–H and O–H groups in total. The molecule has 0 heterocycles. The van der Waals surface area contributed by atoms with Crippen molar-refractivity contribution in [1.29, 1.82) is 0 Å². The van der Waals surface area contributed by atoms with Gasteiger partial charge in [0.2, 0.25) is 5.91 Å². The molecule has 2 aromatic rings. The minimum atomic E-state index is 0.00968. The molecular weight excluding hydrogens is 270 g/mol. The van der Waals surface area contributed by atoms with Gasteiger partial charge in [-0.1, -0.05) is 30.3 Å². The Morgan fingerprint density at radius 2 is 1.80 bits per heavy atom. The van der Waals surface area contributed by atoms with Gasteiger partial charge >= 0.3 is 0 Å². The molecule has 3 nitrogen and oxygen atoms in total. The van der Waals surface area contributed by atoms with Crippen LogP contribution in [-0.2, 0) is 11.4 Å². The van der Waals surface area contributed by atoms with E-state index < -0.39 is 0 Å². The topological polar surface area (TPSA) is 38.3 Å². The maximum Gasteiger partial charge on any atom is 0.234 e. The minimum Gasteiger partial charge on any atom is -0.489 e. The lowest BCUT2D eigenvalue weighted by Gasteiger charge is -2.08. The van der Waals surface area contributed by atoms with Gasteiger partial charge in [0, 0.05) is 5.69 Å². The summed E-state index contributed by atoms with van der Waals surface area (Å²) in [6.45, 7) is 0.541. The first kappa shape index (κ1) is 14.5. The third-order valence-electron chi connectivity index (χ3n) is 2.66. The Kier molecular flexibility index (Phi) is 5.50. The lowest BCUT2D eigenvalue weighted by molar-refractivity contribution is -0.113. The second-order valence-corrected chi connectivity index (χ2v) is 5.15. The fourth-order valence-electron chi connectivity index (χ4n) is 1.70. The first-order valence-electron chi connectivity index (χ1n) is 6.33. The van der Waals surface area contributed by atoms with E-state index in [1.165, 1.54) is 11.8 Å². The third-order valence-corrected chi connectivity index (χ3v) is 3.21. The van der Waals surface area contributed by atoms with Gasteiger partial charge in [-0.25, -0.2) is 0 Å². The second-order valence-electron chi connectivity index (χ2n) is 4.28. The standard InChI is InChI=1S/C16H17NO2S/c1-20-12-16(18)17-14-7-9-15(10-8-14)19-11-13-5-3-2-4-6-13/h2-10H,11-12H2,1H3,(H,17,18). The predicted octanol–water partition coefficient (Wildman–Crippen LogP) is 3.57. The van der Waals surface area contributed by atoms with Crippen LogP contribution >= 0.6 is 11.8 Å². The van der Waals surface area contributed by atoms with Gasteiger partial charge in [0.25, 0.3) is 0 Å². The van der Waals surface area contributed by atoms with Crippen LogP contribution in [0.4, 0.5) is 5.69 Å². The first-order valence-corrected chi connectivity index (χ1v) is 7.73. The van der Waals surface area contributed by atoms with Crippen LogP contribution < -0.4 is 10.1 Å². The van der Waals surface area contributed by atoms with Crippen LogP contribution in [0.5, 0.6) is 5.75 Å². The van der Waals surface area contributed by atoms with E-state index in [0.29, 0.717) is 12.4 Å². The lowest BCUT2D eigenvalue weighted by atomic mass is 10.2. The lowest BCUT2D eigenvalue weighted by Crippen LogP contribution is -2.13. The van der Waals surface area contributed by atoms with Crippen molar-refractivity contribution in [3.05, 3.63) is 60.2 Å². The zero-order valence-electron chi connectivity index (χ0n) is 11.3. The molecule has 0 aliphatic heterocycles. The number of rotatable bonds is 6. The molecule has 0 spiro atoms. The number of ether oxygens (including phenoxy) is 1. The van der Waals surface area contributed by atoms with Gasteiger partial charge < -0.3 is 10.1 Å². The Labute approximate surface area is 123 Å². The molecule has 0 atom stereocenters. The average Bonchev–Trinajstić information content (AvgIpc) is 2.48.